The fraction of sp³-hybridized carbons (Fsp3) is 0.217. The van der Waals surface area contributed by atoms with Gasteiger partial charge in [-0.2, -0.15) is 0 Å². The molecule has 4 rings (SSSR count). The maximum Gasteiger partial charge on any atom is 0.192 e. The minimum absolute atomic E-state index is 0. The third-order valence-electron chi connectivity index (χ3n) is 4.91. The molecule has 3 aromatic rings. The highest BCUT2D eigenvalue weighted by Crippen LogP contribution is 2.56. The van der Waals surface area contributed by atoms with E-state index in [0.717, 1.165) is 25.8 Å². The molecule has 1 fully saturated rings. The predicted octanol–water partition coefficient (Wildman–Crippen LogP) is 0.748. The van der Waals surface area contributed by atoms with Crippen molar-refractivity contribution in [1.29, 1.82) is 0 Å². The van der Waals surface area contributed by atoms with Gasteiger partial charge in [0.25, 0.3) is 0 Å². The molecule has 0 radical (unpaired) electrons. The van der Waals surface area contributed by atoms with Crippen molar-refractivity contribution in [2.75, 3.05) is 19.4 Å². The van der Waals surface area contributed by atoms with E-state index < -0.39 is 7.26 Å². The molecule has 1 saturated heterocycles. The van der Waals surface area contributed by atoms with Crippen molar-refractivity contribution < 1.29 is 26.5 Å². The molecule has 0 saturated carbocycles. The van der Waals surface area contributed by atoms with Crippen LogP contribution in [0.25, 0.3) is 0 Å². The van der Waals surface area contributed by atoms with Gasteiger partial charge in [0, 0.05) is 0 Å². The number of benzene rings is 3. The first-order valence-electron chi connectivity index (χ1n) is 9.18. The largest absolute Gasteiger partial charge is 1.00 e. The van der Waals surface area contributed by atoms with Crippen LogP contribution in [-0.4, -0.2) is 25.7 Å². The smallest absolute Gasteiger partial charge is 0.192 e. The zero-order valence-corrected chi connectivity index (χ0v) is 17.7. The van der Waals surface area contributed by atoms with Crippen molar-refractivity contribution in [2.45, 2.75) is 12.7 Å². The summed E-state index contributed by atoms with van der Waals surface area (Å²) in [6, 6.07) is 32.6. The quantitative estimate of drug-likeness (QED) is 0.542. The lowest BCUT2D eigenvalue weighted by Gasteiger charge is -2.32. The first-order chi connectivity index (χ1) is 12.9. The number of ether oxygens (including phenoxy) is 2. The van der Waals surface area contributed by atoms with Crippen LogP contribution in [0.1, 0.15) is 6.42 Å². The molecule has 0 unspecified atom stereocenters. The molecule has 4 heteroatoms. The van der Waals surface area contributed by atoms with Crippen LogP contribution in [0, 0.1) is 0 Å². The topological polar surface area (TPSA) is 18.5 Å². The van der Waals surface area contributed by atoms with E-state index in [1.54, 1.807) is 0 Å². The van der Waals surface area contributed by atoms with Gasteiger partial charge in [-0.1, -0.05) is 54.6 Å². The second-order valence-electron chi connectivity index (χ2n) is 6.52. The molecule has 2 nitrogen and oxygen atoms in total. The molecule has 0 aromatic heterocycles. The maximum absolute atomic E-state index is 6.00. The summed E-state index contributed by atoms with van der Waals surface area (Å²) in [5.41, 5.74) is 0. The molecule has 140 valence electrons. The van der Waals surface area contributed by atoms with Crippen molar-refractivity contribution in [2.24, 2.45) is 0 Å². The highest BCUT2D eigenvalue weighted by atomic mass is 79.9. The van der Waals surface area contributed by atoms with Crippen molar-refractivity contribution in [3.63, 3.8) is 0 Å². The second kappa shape index (κ2) is 9.61. The molecule has 1 aliphatic rings. The molecule has 0 amide bonds. The number of rotatable bonds is 5. The summed E-state index contributed by atoms with van der Waals surface area (Å²) < 4.78 is 12.0. The molecule has 1 aliphatic heterocycles. The Morgan fingerprint density at radius 3 is 1.37 bits per heavy atom. The molecule has 0 spiro atoms. The molecule has 0 aliphatic carbocycles. The molecular formula is C23H24BrO2P. The monoisotopic (exact) mass is 442 g/mol. The average Bonchev–Trinajstić information content (AvgIpc) is 2.75. The van der Waals surface area contributed by atoms with Crippen LogP contribution < -0.4 is 32.9 Å². The Bertz CT molecular complexity index is 709. The van der Waals surface area contributed by atoms with E-state index in [4.69, 9.17) is 9.47 Å². The SMILES string of the molecule is [Br-].c1ccc([P+](CC2OCCCO2)(c2ccccc2)c2ccccc2)cc1. The van der Waals surface area contributed by atoms with Crippen LogP contribution in [0.5, 0.6) is 0 Å². The summed E-state index contributed by atoms with van der Waals surface area (Å²) in [5.74, 6) is 0. The number of hydrogen-bond donors (Lipinski definition) is 0. The van der Waals surface area contributed by atoms with Crippen LogP contribution in [-0.2, 0) is 9.47 Å². The van der Waals surface area contributed by atoms with Gasteiger partial charge < -0.3 is 26.5 Å². The van der Waals surface area contributed by atoms with Gasteiger partial charge in [-0.3, -0.25) is 0 Å². The van der Waals surface area contributed by atoms with E-state index in [2.05, 4.69) is 91.0 Å². The first-order valence-corrected chi connectivity index (χ1v) is 11.2. The van der Waals surface area contributed by atoms with E-state index in [-0.39, 0.29) is 23.3 Å². The van der Waals surface area contributed by atoms with Crippen LogP contribution in [0.4, 0.5) is 0 Å². The molecule has 0 atom stereocenters. The Kier molecular flexibility index (Phi) is 7.20. The van der Waals surface area contributed by atoms with Crippen LogP contribution in [0.3, 0.4) is 0 Å². The van der Waals surface area contributed by atoms with Crippen LogP contribution >= 0.6 is 7.26 Å². The van der Waals surface area contributed by atoms with Gasteiger partial charge in [-0.05, 0) is 42.8 Å². The maximum atomic E-state index is 6.00. The Morgan fingerprint density at radius 2 is 1.00 bits per heavy atom. The molecule has 3 aromatic carbocycles. The second-order valence-corrected chi connectivity index (χ2v) is 10.1. The summed E-state index contributed by atoms with van der Waals surface area (Å²) in [4.78, 5) is 0. The minimum Gasteiger partial charge on any atom is -1.00 e. The Labute approximate surface area is 172 Å². The minimum atomic E-state index is -1.87. The molecular weight excluding hydrogens is 419 g/mol. The normalized spacial score (nSPS) is 15.1. The van der Waals surface area contributed by atoms with Gasteiger partial charge in [-0.15, -0.1) is 0 Å². The van der Waals surface area contributed by atoms with E-state index in [9.17, 15) is 0 Å². The fourth-order valence-electron chi connectivity index (χ4n) is 3.68. The van der Waals surface area contributed by atoms with Gasteiger partial charge in [0.2, 0.25) is 0 Å². The first kappa shape index (κ1) is 20.2. The molecule has 27 heavy (non-hydrogen) atoms. The lowest BCUT2D eigenvalue weighted by atomic mass is 10.4. The summed E-state index contributed by atoms with van der Waals surface area (Å²) in [5, 5.41) is 4.11. The van der Waals surface area contributed by atoms with Gasteiger partial charge >= 0.3 is 0 Å². The van der Waals surface area contributed by atoms with Crippen molar-refractivity contribution in [3.8, 4) is 0 Å². The summed E-state index contributed by atoms with van der Waals surface area (Å²) in [6.45, 7) is 1.56. The number of halogens is 1. The predicted molar refractivity (Wildman–Crippen MR) is 110 cm³/mol. The van der Waals surface area contributed by atoms with Crippen molar-refractivity contribution in [3.05, 3.63) is 91.0 Å². The highest BCUT2D eigenvalue weighted by molar-refractivity contribution is 7.95. The third-order valence-corrected chi connectivity index (χ3v) is 9.29. The lowest BCUT2D eigenvalue weighted by Crippen LogP contribution is -3.00. The standard InChI is InChI=1S/C23H24O2P.BrH/c1-4-11-20(12-5-1)26(21-13-6-2-7-14-21,22-15-8-3-9-16-22)19-23-24-17-10-18-25-23;/h1-9,11-16,23H,10,17-19H2;1H/q+1;/p-1. The molecule has 1 heterocycles. The Hall–Kier alpha value is -1.51. The van der Waals surface area contributed by atoms with Crippen molar-refractivity contribution in [1.82, 2.24) is 0 Å². The average molecular weight is 443 g/mol. The highest BCUT2D eigenvalue weighted by Gasteiger charge is 2.48. The summed E-state index contributed by atoms with van der Waals surface area (Å²) in [6.07, 6.45) is 1.69. The summed E-state index contributed by atoms with van der Waals surface area (Å²) >= 11 is 0. The van der Waals surface area contributed by atoms with Gasteiger partial charge in [-0.25, -0.2) is 0 Å². The zero-order valence-electron chi connectivity index (χ0n) is 15.2. The molecule has 0 N–H and O–H groups in total. The summed E-state index contributed by atoms with van der Waals surface area (Å²) in [7, 11) is -1.87. The van der Waals surface area contributed by atoms with E-state index in [1.165, 1.54) is 15.9 Å². The Morgan fingerprint density at radius 1 is 0.630 bits per heavy atom. The van der Waals surface area contributed by atoms with E-state index >= 15 is 0 Å². The van der Waals surface area contributed by atoms with E-state index in [1.807, 2.05) is 0 Å². The van der Waals surface area contributed by atoms with Gasteiger partial charge in [0.1, 0.15) is 29.3 Å². The van der Waals surface area contributed by atoms with E-state index in [0.29, 0.717) is 0 Å². The van der Waals surface area contributed by atoms with Gasteiger partial charge in [0.15, 0.2) is 6.29 Å². The van der Waals surface area contributed by atoms with Crippen LogP contribution in [0.2, 0.25) is 0 Å². The number of hydrogen-bond acceptors (Lipinski definition) is 2. The third kappa shape index (κ3) is 4.33. The lowest BCUT2D eigenvalue weighted by molar-refractivity contribution is -0.164. The van der Waals surface area contributed by atoms with Crippen molar-refractivity contribution >= 4 is 23.2 Å². The van der Waals surface area contributed by atoms with Gasteiger partial charge in [0.05, 0.1) is 13.2 Å². The molecule has 0 bridgehead atoms. The zero-order chi connectivity index (χ0) is 17.7. The Balaban J connectivity index is 0.00000210. The fourth-order valence-corrected chi connectivity index (χ4v) is 7.90. The van der Waals surface area contributed by atoms with Crippen LogP contribution in [0.15, 0.2) is 91.0 Å².